The summed E-state index contributed by atoms with van der Waals surface area (Å²) in [6, 6.07) is 9.42. The minimum Gasteiger partial charge on any atom is -0.481 e. The molecule has 0 bridgehead atoms. The van der Waals surface area contributed by atoms with Crippen LogP contribution in [0.15, 0.2) is 33.5 Å². The van der Waals surface area contributed by atoms with Crippen molar-refractivity contribution in [2.75, 3.05) is 6.61 Å². The number of hydrogen-bond donors (Lipinski definition) is 0. The SMILES string of the molecule is C#CCOc1ccc(-c2[c-]cc(Br)c(=O)n2CC(F)F)c(C)c1.[Y]. The van der Waals surface area contributed by atoms with Crippen LogP contribution >= 0.6 is 15.9 Å². The van der Waals surface area contributed by atoms with Crippen LogP contribution in [0.4, 0.5) is 8.78 Å². The molecule has 0 aliphatic carbocycles. The Morgan fingerprint density at radius 3 is 2.75 bits per heavy atom. The largest absolute Gasteiger partial charge is 0.481 e. The molecule has 7 heteroatoms. The van der Waals surface area contributed by atoms with E-state index in [0.29, 0.717) is 17.0 Å². The Morgan fingerprint density at radius 2 is 2.17 bits per heavy atom. The Kier molecular flexibility index (Phi) is 8.28. The van der Waals surface area contributed by atoms with Crippen molar-refractivity contribution in [2.24, 2.45) is 0 Å². The van der Waals surface area contributed by atoms with Crippen LogP contribution in [0.1, 0.15) is 5.56 Å². The van der Waals surface area contributed by atoms with Gasteiger partial charge in [0.15, 0.2) is 0 Å². The first kappa shape index (κ1) is 21.0. The molecule has 0 spiro atoms. The third kappa shape index (κ3) is 4.98. The van der Waals surface area contributed by atoms with E-state index in [1.54, 1.807) is 25.1 Å². The van der Waals surface area contributed by atoms with Crippen LogP contribution in [0.5, 0.6) is 5.75 Å². The number of alkyl halides is 2. The van der Waals surface area contributed by atoms with E-state index in [2.05, 4.69) is 27.9 Å². The van der Waals surface area contributed by atoms with E-state index >= 15 is 0 Å². The van der Waals surface area contributed by atoms with Gasteiger partial charge in [-0.2, -0.15) is 12.1 Å². The van der Waals surface area contributed by atoms with Gasteiger partial charge in [0.05, 0.1) is 6.54 Å². The molecule has 0 saturated heterocycles. The van der Waals surface area contributed by atoms with Crippen molar-refractivity contribution in [3.8, 4) is 29.4 Å². The second kappa shape index (κ2) is 9.46. The summed E-state index contributed by atoms with van der Waals surface area (Å²) in [6.45, 7) is 1.24. The fourth-order valence-corrected chi connectivity index (χ4v) is 2.48. The third-order valence-electron chi connectivity index (χ3n) is 3.15. The van der Waals surface area contributed by atoms with Crippen LogP contribution in [0.2, 0.25) is 0 Å². The van der Waals surface area contributed by atoms with Gasteiger partial charge in [-0.3, -0.25) is 4.79 Å². The molecular formula is C17H13BrF2NO2Y-. The van der Waals surface area contributed by atoms with Crippen LogP contribution in [-0.2, 0) is 39.3 Å². The van der Waals surface area contributed by atoms with Crippen molar-refractivity contribution in [3.63, 3.8) is 0 Å². The first-order chi connectivity index (χ1) is 10.9. The molecule has 0 aliphatic heterocycles. The Balaban J connectivity index is 0.00000288. The molecule has 1 aromatic heterocycles. The maximum Gasteiger partial charge on any atom is 0.256 e. The van der Waals surface area contributed by atoms with Crippen LogP contribution < -0.4 is 10.3 Å². The molecule has 123 valence electrons. The number of pyridine rings is 1. The van der Waals surface area contributed by atoms with E-state index in [1.807, 2.05) is 0 Å². The minimum absolute atomic E-state index is 0. The van der Waals surface area contributed by atoms with Gasteiger partial charge in [-0.1, -0.05) is 29.7 Å². The quantitative estimate of drug-likeness (QED) is 0.494. The Bertz CT molecular complexity index is 815. The summed E-state index contributed by atoms with van der Waals surface area (Å²) < 4.78 is 32.1. The number of ether oxygens (including phenoxy) is 1. The summed E-state index contributed by atoms with van der Waals surface area (Å²) in [5.41, 5.74) is 1.18. The molecule has 3 nitrogen and oxygen atoms in total. The van der Waals surface area contributed by atoms with Gasteiger partial charge in [0.2, 0.25) is 5.56 Å². The summed E-state index contributed by atoms with van der Waals surface area (Å²) in [5, 5.41) is 0. The molecule has 24 heavy (non-hydrogen) atoms. The first-order valence-corrected chi connectivity index (χ1v) is 7.49. The number of aryl methyl sites for hydroxylation is 1. The topological polar surface area (TPSA) is 31.2 Å². The maximum absolute atomic E-state index is 12.8. The summed E-state index contributed by atoms with van der Waals surface area (Å²) >= 11 is 3.05. The second-order valence-corrected chi connectivity index (χ2v) is 5.62. The molecule has 2 rings (SSSR count). The molecule has 1 aromatic carbocycles. The smallest absolute Gasteiger partial charge is 0.256 e. The average Bonchev–Trinajstić information content (AvgIpc) is 2.50. The van der Waals surface area contributed by atoms with Gasteiger partial charge in [0.1, 0.15) is 12.4 Å². The standard InChI is InChI=1S/C17H13BrF2NO2.Y/c1-3-8-23-12-4-5-13(11(2)9-12)15-7-6-14(18)17(22)21(15)10-16(19)20;/h1,4-6,9,16H,8,10H2,2H3;/q-1;. The van der Waals surface area contributed by atoms with Crippen LogP contribution in [0.3, 0.4) is 0 Å². The van der Waals surface area contributed by atoms with E-state index in [9.17, 15) is 13.6 Å². The number of terminal acetylenes is 1. The van der Waals surface area contributed by atoms with Crippen LogP contribution in [0.25, 0.3) is 11.3 Å². The predicted octanol–water partition coefficient (Wildman–Crippen LogP) is 3.66. The maximum atomic E-state index is 12.8. The summed E-state index contributed by atoms with van der Waals surface area (Å²) in [5.74, 6) is 2.94. The number of benzene rings is 1. The van der Waals surface area contributed by atoms with E-state index in [1.165, 1.54) is 6.07 Å². The Labute approximate surface area is 172 Å². The predicted molar refractivity (Wildman–Crippen MR) is 87.7 cm³/mol. The third-order valence-corrected chi connectivity index (χ3v) is 3.72. The number of hydrogen-bond acceptors (Lipinski definition) is 2. The summed E-state index contributed by atoms with van der Waals surface area (Å²) in [4.78, 5) is 12.1. The van der Waals surface area contributed by atoms with Crippen LogP contribution in [0, 0.1) is 25.3 Å². The number of rotatable bonds is 5. The van der Waals surface area contributed by atoms with Crippen molar-refractivity contribution >= 4 is 15.9 Å². The van der Waals surface area contributed by atoms with Gasteiger partial charge in [-0.15, -0.1) is 28.4 Å². The van der Waals surface area contributed by atoms with Crippen molar-refractivity contribution < 1.29 is 46.2 Å². The fourth-order valence-electron chi connectivity index (χ4n) is 2.15. The molecule has 0 amide bonds. The molecule has 1 heterocycles. The number of nitrogens with zero attached hydrogens (tertiary/aromatic N) is 1. The number of halogens is 3. The Hall–Kier alpha value is -1.03. The van der Waals surface area contributed by atoms with E-state index in [-0.39, 0.29) is 43.8 Å². The van der Waals surface area contributed by atoms with E-state index in [4.69, 9.17) is 11.2 Å². The van der Waals surface area contributed by atoms with Gasteiger partial charge < -0.3 is 9.30 Å². The summed E-state index contributed by atoms with van der Waals surface area (Å²) in [7, 11) is 0. The number of aromatic nitrogens is 1. The zero-order valence-electron chi connectivity index (χ0n) is 12.9. The molecule has 0 aliphatic rings. The average molecular weight is 470 g/mol. The molecule has 0 atom stereocenters. The van der Waals surface area contributed by atoms with Gasteiger partial charge in [-0.25, -0.2) is 8.78 Å². The van der Waals surface area contributed by atoms with Gasteiger partial charge in [-0.05, 0) is 16.6 Å². The molecule has 0 N–H and O–H groups in total. The molecule has 0 fully saturated rings. The molecule has 0 unspecified atom stereocenters. The molecular weight excluding hydrogens is 457 g/mol. The first-order valence-electron chi connectivity index (χ1n) is 6.70. The molecule has 2 aromatic rings. The van der Waals surface area contributed by atoms with E-state index in [0.717, 1.165) is 10.1 Å². The van der Waals surface area contributed by atoms with E-state index < -0.39 is 18.5 Å². The zero-order chi connectivity index (χ0) is 17.0. The molecule has 1 radical (unpaired) electrons. The Morgan fingerprint density at radius 1 is 1.46 bits per heavy atom. The van der Waals surface area contributed by atoms with Gasteiger partial charge in [0, 0.05) is 32.7 Å². The normalized spacial score (nSPS) is 10.2. The molecule has 0 saturated carbocycles. The van der Waals surface area contributed by atoms with Gasteiger partial charge >= 0.3 is 0 Å². The van der Waals surface area contributed by atoms with Crippen LogP contribution in [-0.4, -0.2) is 17.6 Å². The van der Waals surface area contributed by atoms with Crippen molar-refractivity contribution in [2.45, 2.75) is 19.9 Å². The second-order valence-electron chi connectivity index (χ2n) is 4.76. The van der Waals surface area contributed by atoms with Gasteiger partial charge in [0.25, 0.3) is 6.43 Å². The zero-order valence-corrected chi connectivity index (χ0v) is 17.3. The summed E-state index contributed by atoms with van der Waals surface area (Å²) in [6.07, 6.45) is 2.49. The minimum atomic E-state index is -2.65. The fraction of sp³-hybridized carbons (Fsp3) is 0.235. The monoisotopic (exact) mass is 469 g/mol. The van der Waals surface area contributed by atoms with Crippen molar-refractivity contribution in [1.82, 2.24) is 4.57 Å². The van der Waals surface area contributed by atoms with Crippen molar-refractivity contribution in [1.29, 1.82) is 0 Å². The van der Waals surface area contributed by atoms with Crippen molar-refractivity contribution in [3.05, 3.63) is 50.7 Å².